The Morgan fingerprint density at radius 3 is 2.24 bits per heavy atom. The van der Waals surface area contributed by atoms with E-state index in [0.29, 0.717) is 31.5 Å². The summed E-state index contributed by atoms with van der Waals surface area (Å²) in [6, 6.07) is 4.98. The molecule has 0 radical (unpaired) electrons. The lowest BCUT2D eigenvalue weighted by molar-refractivity contribution is 0.102. The summed E-state index contributed by atoms with van der Waals surface area (Å²) < 4.78 is 72.5. The maximum Gasteiger partial charge on any atom is 0.409 e. The zero-order valence-corrected chi connectivity index (χ0v) is 21.7. The third-order valence-electron chi connectivity index (χ3n) is 7.23. The maximum absolute atomic E-state index is 13.8. The Labute approximate surface area is 217 Å². The van der Waals surface area contributed by atoms with Gasteiger partial charge in [-0.3, -0.25) is 4.79 Å². The van der Waals surface area contributed by atoms with Gasteiger partial charge in [0.25, 0.3) is 5.91 Å². The summed E-state index contributed by atoms with van der Waals surface area (Å²) in [5, 5.41) is 1.53. The predicted octanol–water partition coefficient (Wildman–Crippen LogP) is 5.29. The Hall–Kier alpha value is -2.79. The molecule has 2 unspecified atom stereocenters. The number of carbonyl (C=O) groups excluding carboxylic acids is 2. The zero-order chi connectivity index (χ0) is 27.1. The minimum Gasteiger partial charge on any atom is -0.453 e. The summed E-state index contributed by atoms with van der Waals surface area (Å²) in [6.07, 6.45) is 2.26. The number of anilines is 1. The van der Waals surface area contributed by atoms with Crippen LogP contribution in [0.5, 0.6) is 0 Å². The highest BCUT2D eigenvalue weighted by Gasteiger charge is 2.50. The van der Waals surface area contributed by atoms with Crippen LogP contribution in [0.1, 0.15) is 36.0 Å². The first-order valence-corrected chi connectivity index (χ1v) is 13.6. The van der Waals surface area contributed by atoms with Gasteiger partial charge in [-0.25, -0.2) is 26.4 Å². The van der Waals surface area contributed by atoms with E-state index in [1.807, 2.05) is 0 Å². The van der Waals surface area contributed by atoms with Crippen LogP contribution in [0.4, 0.5) is 23.7 Å². The number of hydrogen-bond donors (Lipinski definition) is 1. The van der Waals surface area contributed by atoms with Gasteiger partial charge in [0.2, 0.25) is 0 Å². The second-order valence-corrected chi connectivity index (χ2v) is 12.1. The summed E-state index contributed by atoms with van der Waals surface area (Å²) in [7, 11) is -0.990. The Morgan fingerprint density at radius 1 is 1.08 bits per heavy atom. The smallest absolute Gasteiger partial charge is 0.409 e. The van der Waals surface area contributed by atoms with E-state index in [0.717, 1.165) is 18.9 Å². The number of ether oxygens (including phenoxy) is 1. The van der Waals surface area contributed by atoms with Gasteiger partial charge in [0.05, 0.1) is 22.3 Å². The van der Waals surface area contributed by atoms with Gasteiger partial charge in [0.15, 0.2) is 27.3 Å². The number of sulfone groups is 1. The molecule has 1 N–H and O–H groups in total. The van der Waals surface area contributed by atoms with Crippen molar-refractivity contribution in [2.45, 2.75) is 35.8 Å². The average Bonchev–Trinajstić information content (AvgIpc) is 3.13. The molecule has 0 spiro atoms. The van der Waals surface area contributed by atoms with Crippen molar-refractivity contribution < 1.29 is 35.9 Å². The lowest BCUT2D eigenvalue weighted by Gasteiger charge is -2.36. The molecule has 0 aromatic heterocycles. The van der Waals surface area contributed by atoms with Gasteiger partial charge in [-0.2, -0.15) is 0 Å². The van der Waals surface area contributed by atoms with Gasteiger partial charge in [0.1, 0.15) is 0 Å². The van der Waals surface area contributed by atoms with Crippen LogP contribution in [0.2, 0.25) is 5.02 Å². The SMILES string of the molecule is COC(=O)N(C)C[C@H]1CC2CCC(C1)[C@@H]2S(=O)(=O)c1cc(C(=O)Nc2cc(F)c(F)c(F)c2)ccc1Cl. The molecule has 37 heavy (non-hydrogen) atoms. The molecule has 0 saturated heterocycles. The van der Waals surface area contributed by atoms with Gasteiger partial charge < -0.3 is 15.0 Å². The third-order valence-corrected chi connectivity index (χ3v) is 10.1. The molecular weight excluding hydrogens is 533 g/mol. The summed E-state index contributed by atoms with van der Waals surface area (Å²) >= 11 is 6.28. The van der Waals surface area contributed by atoms with Gasteiger partial charge in [0, 0.05) is 37.0 Å². The van der Waals surface area contributed by atoms with Crippen molar-refractivity contribution in [2.24, 2.45) is 17.8 Å². The van der Waals surface area contributed by atoms with Crippen LogP contribution < -0.4 is 5.32 Å². The Bertz CT molecular complexity index is 1300. The minimum absolute atomic E-state index is 0.0395. The molecule has 2 aromatic carbocycles. The lowest BCUT2D eigenvalue weighted by Crippen LogP contribution is -2.41. The molecule has 7 nitrogen and oxygen atoms in total. The second-order valence-electron chi connectivity index (χ2n) is 9.65. The predicted molar refractivity (Wildman–Crippen MR) is 131 cm³/mol. The first kappa shape index (κ1) is 27.3. The van der Waals surface area contributed by atoms with Crippen molar-refractivity contribution in [1.29, 1.82) is 0 Å². The lowest BCUT2D eigenvalue weighted by atomic mass is 9.80. The number of fused-ring (bicyclic) bond motifs is 2. The van der Waals surface area contributed by atoms with Crippen LogP contribution >= 0.6 is 11.6 Å². The minimum atomic E-state index is -3.94. The summed E-state index contributed by atoms with van der Waals surface area (Å²) in [5.74, 6) is -5.57. The first-order chi connectivity index (χ1) is 17.4. The molecule has 0 aliphatic heterocycles. The molecule has 2 atom stereocenters. The molecule has 2 aliphatic carbocycles. The number of rotatable bonds is 6. The third kappa shape index (κ3) is 5.43. The van der Waals surface area contributed by atoms with E-state index in [-0.39, 0.29) is 38.9 Å². The normalized spacial score (nSPS) is 23.0. The number of halogens is 4. The van der Waals surface area contributed by atoms with Crippen molar-refractivity contribution in [2.75, 3.05) is 26.0 Å². The topological polar surface area (TPSA) is 92.8 Å². The molecule has 4 rings (SSSR count). The number of amides is 2. The number of hydrogen-bond acceptors (Lipinski definition) is 5. The van der Waals surface area contributed by atoms with Crippen LogP contribution in [0, 0.1) is 35.2 Å². The quantitative estimate of drug-likeness (QED) is 0.487. The molecule has 200 valence electrons. The second kappa shape index (κ2) is 10.5. The van der Waals surface area contributed by atoms with Crippen molar-refractivity contribution in [3.8, 4) is 0 Å². The number of nitrogens with zero attached hydrogens (tertiary/aromatic N) is 1. The highest BCUT2D eigenvalue weighted by Crippen LogP contribution is 2.50. The molecule has 12 heteroatoms. The van der Waals surface area contributed by atoms with Gasteiger partial charge in [-0.15, -0.1) is 0 Å². The molecular formula is C25H26ClF3N2O5S. The van der Waals surface area contributed by atoms with E-state index in [1.165, 1.54) is 24.1 Å². The number of carbonyl (C=O) groups is 2. The van der Waals surface area contributed by atoms with E-state index < -0.39 is 44.5 Å². The highest BCUT2D eigenvalue weighted by atomic mass is 35.5. The summed E-state index contributed by atoms with van der Waals surface area (Å²) in [6.45, 7) is 0.466. The van der Waals surface area contributed by atoms with Crippen molar-refractivity contribution in [1.82, 2.24) is 4.90 Å². The van der Waals surface area contributed by atoms with E-state index >= 15 is 0 Å². The Balaban J connectivity index is 1.55. The van der Waals surface area contributed by atoms with Crippen LogP contribution in [-0.4, -0.2) is 51.3 Å². The molecule has 2 aromatic rings. The van der Waals surface area contributed by atoms with Gasteiger partial charge in [-0.05, 0) is 61.6 Å². The van der Waals surface area contributed by atoms with Crippen molar-refractivity contribution >= 4 is 39.1 Å². The van der Waals surface area contributed by atoms with Crippen LogP contribution in [0.3, 0.4) is 0 Å². The molecule has 0 heterocycles. The molecule has 2 saturated carbocycles. The number of methoxy groups -OCH3 is 1. The fourth-order valence-electron chi connectivity index (χ4n) is 5.71. The summed E-state index contributed by atoms with van der Waals surface area (Å²) in [4.78, 5) is 25.8. The Kier molecular flexibility index (Phi) is 7.75. The molecule has 2 aliphatic rings. The largest absolute Gasteiger partial charge is 0.453 e. The maximum atomic E-state index is 13.8. The van der Waals surface area contributed by atoms with Crippen molar-refractivity contribution in [3.05, 3.63) is 58.4 Å². The van der Waals surface area contributed by atoms with Crippen LogP contribution in [0.25, 0.3) is 0 Å². The molecule has 2 fully saturated rings. The van der Waals surface area contributed by atoms with E-state index in [9.17, 15) is 31.2 Å². The fraction of sp³-hybridized carbons (Fsp3) is 0.440. The summed E-state index contributed by atoms with van der Waals surface area (Å²) in [5.41, 5.74) is -0.414. The highest BCUT2D eigenvalue weighted by molar-refractivity contribution is 7.92. The standard InChI is InChI=1S/C25H26ClF3N2O5S/c1-31(25(33)36-2)12-13-7-14-3-4-15(8-13)23(14)37(34,35)21-9-16(5-6-18(21)26)24(32)30-17-10-19(27)22(29)20(28)11-17/h5-6,9-11,13-15,23H,3-4,7-8,12H2,1-2H3,(H,30,32)/t13-,14?,15?,23+. The zero-order valence-electron chi connectivity index (χ0n) is 20.1. The van der Waals surface area contributed by atoms with Crippen LogP contribution in [-0.2, 0) is 14.6 Å². The molecule has 2 amide bonds. The van der Waals surface area contributed by atoms with Crippen molar-refractivity contribution in [3.63, 3.8) is 0 Å². The fourth-order valence-corrected chi connectivity index (χ4v) is 8.58. The first-order valence-electron chi connectivity index (χ1n) is 11.7. The van der Waals surface area contributed by atoms with E-state index in [1.54, 1.807) is 7.05 Å². The van der Waals surface area contributed by atoms with Gasteiger partial charge >= 0.3 is 6.09 Å². The number of benzene rings is 2. The Morgan fingerprint density at radius 2 is 1.68 bits per heavy atom. The van der Waals surface area contributed by atoms with E-state index in [4.69, 9.17) is 16.3 Å². The number of nitrogens with one attached hydrogen (secondary N) is 1. The average molecular weight is 559 g/mol. The monoisotopic (exact) mass is 558 g/mol. The van der Waals surface area contributed by atoms with Gasteiger partial charge in [-0.1, -0.05) is 11.6 Å². The van der Waals surface area contributed by atoms with Crippen LogP contribution in [0.15, 0.2) is 35.2 Å². The molecule has 2 bridgehead atoms. The van der Waals surface area contributed by atoms with E-state index in [2.05, 4.69) is 5.32 Å².